The second-order valence-corrected chi connectivity index (χ2v) is 4.37. The van der Waals surface area contributed by atoms with E-state index in [2.05, 4.69) is 19.9 Å². The SMILES string of the molecule is CC(C)=CCSc1ccc(C=O)cc1. The second-order valence-electron chi connectivity index (χ2n) is 3.28. The number of aldehydes is 1. The van der Waals surface area contributed by atoms with Gasteiger partial charge in [-0.3, -0.25) is 4.79 Å². The normalized spacial score (nSPS) is 9.57. The summed E-state index contributed by atoms with van der Waals surface area (Å²) in [5.74, 6) is 0.989. The van der Waals surface area contributed by atoms with Crippen molar-refractivity contribution in [1.82, 2.24) is 0 Å². The zero-order valence-corrected chi connectivity index (χ0v) is 9.30. The number of thioether (sulfide) groups is 1. The molecule has 0 atom stereocenters. The summed E-state index contributed by atoms with van der Waals surface area (Å²) in [6.07, 6.45) is 3.06. The molecule has 1 aromatic carbocycles. The molecule has 1 rings (SSSR count). The van der Waals surface area contributed by atoms with Crippen molar-refractivity contribution in [3.63, 3.8) is 0 Å². The van der Waals surface area contributed by atoms with Crippen LogP contribution in [0, 0.1) is 0 Å². The van der Waals surface area contributed by atoms with E-state index in [-0.39, 0.29) is 0 Å². The third-order valence-electron chi connectivity index (χ3n) is 1.76. The van der Waals surface area contributed by atoms with Gasteiger partial charge in [0, 0.05) is 16.2 Å². The van der Waals surface area contributed by atoms with Crippen LogP contribution in [0.2, 0.25) is 0 Å². The molecule has 0 aliphatic carbocycles. The lowest BCUT2D eigenvalue weighted by molar-refractivity contribution is 0.112. The highest BCUT2D eigenvalue weighted by Gasteiger charge is 1.92. The molecule has 0 aliphatic heterocycles. The number of hydrogen-bond acceptors (Lipinski definition) is 2. The van der Waals surface area contributed by atoms with Crippen LogP contribution in [0.15, 0.2) is 40.8 Å². The molecule has 0 spiro atoms. The summed E-state index contributed by atoms with van der Waals surface area (Å²) in [6, 6.07) is 7.65. The molecular weight excluding hydrogens is 192 g/mol. The molecule has 2 heteroatoms. The minimum Gasteiger partial charge on any atom is -0.298 e. The van der Waals surface area contributed by atoms with Gasteiger partial charge in [-0.2, -0.15) is 0 Å². The molecule has 14 heavy (non-hydrogen) atoms. The fourth-order valence-corrected chi connectivity index (χ4v) is 1.88. The predicted octanol–water partition coefficient (Wildman–Crippen LogP) is 3.56. The summed E-state index contributed by atoms with van der Waals surface area (Å²) in [7, 11) is 0. The Morgan fingerprint density at radius 2 is 1.93 bits per heavy atom. The van der Waals surface area contributed by atoms with Gasteiger partial charge in [0.1, 0.15) is 6.29 Å². The van der Waals surface area contributed by atoms with Crippen molar-refractivity contribution in [1.29, 1.82) is 0 Å². The molecule has 0 fully saturated rings. The van der Waals surface area contributed by atoms with E-state index in [1.165, 1.54) is 10.5 Å². The number of carbonyl (C=O) groups is 1. The van der Waals surface area contributed by atoms with Crippen molar-refractivity contribution in [2.45, 2.75) is 18.7 Å². The molecule has 1 aromatic rings. The summed E-state index contributed by atoms with van der Waals surface area (Å²) in [6.45, 7) is 4.19. The first-order valence-electron chi connectivity index (χ1n) is 4.54. The standard InChI is InChI=1S/C12H14OS/c1-10(2)7-8-14-12-5-3-11(9-13)4-6-12/h3-7,9H,8H2,1-2H3. The van der Waals surface area contributed by atoms with Crippen molar-refractivity contribution in [3.05, 3.63) is 41.5 Å². The van der Waals surface area contributed by atoms with Gasteiger partial charge in [-0.05, 0) is 26.0 Å². The van der Waals surface area contributed by atoms with Crippen LogP contribution in [0.5, 0.6) is 0 Å². The van der Waals surface area contributed by atoms with Gasteiger partial charge >= 0.3 is 0 Å². The minimum atomic E-state index is 0.733. The van der Waals surface area contributed by atoms with Crippen LogP contribution in [0.3, 0.4) is 0 Å². The van der Waals surface area contributed by atoms with E-state index in [1.54, 1.807) is 11.8 Å². The third-order valence-corrected chi connectivity index (χ3v) is 2.70. The zero-order chi connectivity index (χ0) is 10.4. The van der Waals surface area contributed by atoms with Crippen molar-refractivity contribution in [2.24, 2.45) is 0 Å². The Kier molecular flexibility index (Phi) is 4.47. The van der Waals surface area contributed by atoms with Gasteiger partial charge in [-0.15, -0.1) is 11.8 Å². The Balaban J connectivity index is 2.52. The highest BCUT2D eigenvalue weighted by Crippen LogP contribution is 2.18. The topological polar surface area (TPSA) is 17.1 Å². The number of benzene rings is 1. The van der Waals surface area contributed by atoms with Gasteiger partial charge in [-0.25, -0.2) is 0 Å². The molecule has 0 saturated carbocycles. The van der Waals surface area contributed by atoms with Crippen LogP contribution in [-0.4, -0.2) is 12.0 Å². The maximum Gasteiger partial charge on any atom is 0.150 e. The molecule has 0 unspecified atom stereocenters. The molecule has 0 N–H and O–H groups in total. The Hall–Kier alpha value is -1.02. The Morgan fingerprint density at radius 3 is 2.43 bits per heavy atom. The first kappa shape index (κ1) is 11.1. The maximum atomic E-state index is 10.4. The Bertz CT molecular complexity index is 321. The fraction of sp³-hybridized carbons (Fsp3) is 0.250. The van der Waals surface area contributed by atoms with E-state index in [9.17, 15) is 4.79 Å². The molecule has 0 aliphatic rings. The van der Waals surface area contributed by atoms with Gasteiger partial charge in [-0.1, -0.05) is 23.8 Å². The van der Waals surface area contributed by atoms with Crippen LogP contribution < -0.4 is 0 Å². The van der Waals surface area contributed by atoms with E-state index >= 15 is 0 Å². The van der Waals surface area contributed by atoms with Crippen LogP contribution >= 0.6 is 11.8 Å². The molecule has 0 heterocycles. The first-order valence-corrected chi connectivity index (χ1v) is 5.52. The van der Waals surface area contributed by atoms with Gasteiger partial charge < -0.3 is 0 Å². The summed E-state index contributed by atoms with van der Waals surface area (Å²) < 4.78 is 0. The summed E-state index contributed by atoms with van der Waals surface area (Å²) in [5, 5.41) is 0. The summed E-state index contributed by atoms with van der Waals surface area (Å²) in [5.41, 5.74) is 2.07. The molecular formula is C12H14OS. The smallest absolute Gasteiger partial charge is 0.150 e. The Morgan fingerprint density at radius 1 is 1.29 bits per heavy atom. The minimum absolute atomic E-state index is 0.733. The molecule has 1 nitrogen and oxygen atoms in total. The Labute approximate surface area is 89.2 Å². The lowest BCUT2D eigenvalue weighted by atomic mass is 10.2. The van der Waals surface area contributed by atoms with Crippen LogP contribution in [0.1, 0.15) is 24.2 Å². The van der Waals surface area contributed by atoms with Crippen molar-refractivity contribution in [3.8, 4) is 0 Å². The maximum absolute atomic E-state index is 10.4. The average Bonchev–Trinajstić information content (AvgIpc) is 2.18. The van der Waals surface area contributed by atoms with Crippen LogP contribution in [0.4, 0.5) is 0 Å². The highest BCUT2D eigenvalue weighted by atomic mass is 32.2. The van der Waals surface area contributed by atoms with Crippen molar-refractivity contribution >= 4 is 18.0 Å². The molecule has 0 saturated heterocycles. The number of allylic oxidation sites excluding steroid dienone is 1. The average molecular weight is 206 g/mol. The first-order chi connectivity index (χ1) is 6.72. The van der Waals surface area contributed by atoms with E-state index < -0.39 is 0 Å². The van der Waals surface area contributed by atoms with E-state index in [4.69, 9.17) is 0 Å². The van der Waals surface area contributed by atoms with Crippen LogP contribution in [0.25, 0.3) is 0 Å². The van der Waals surface area contributed by atoms with Crippen molar-refractivity contribution in [2.75, 3.05) is 5.75 Å². The monoisotopic (exact) mass is 206 g/mol. The van der Waals surface area contributed by atoms with E-state index in [1.807, 2.05) is 24.3 Å². The fourth-order valence-electron chi connectivity index (χ4n) is 0.947. The molecule has 0 radical (unpaired) electrons. The summed E-state index contributed by atoms with van der Waals surface area (Å²) >= 11 is 1.78. The number of hydrogen-bond donors (Lipinski definition) is 0. The van der Waals surface area contributed by atoms with Crippen molar-refractivity contribution < 1.29 is 4.79 Å². The third kappa shape index (κ3) is 3.79. The lowest BCUT2D eigenvalue weighted by Crippen LogP contribution is -1.79. The quantitative estimate of drug-likeness (QED) is 0.425. The zero-order valence-electron chi connectivity index (χ0n) is 8.49. The number of rotatable bonds is 4. The van der Waals surface area contributed by atoms with Crippen LogP contribution in [-0.2, 0) is 0 Å². The van der Waals surface area contributed by atoms with E-state index in [0.717, 1.165) is 17.6 Å². The molecule has 0 aromatic heterocycles. The lowest BCUT2D eigenvalue weighted by Gasteiger charge is -1.98. The number of carbonyl (C=O) groups excluding carboxylic acids is 1. The molecule has 0 amide bonds. The van der Waals surface area contributed by atoms with E-state index in [0.29, 0.717) is 0 Å². The van der Waals surface area contributed by atoms with Gasteiger partial charge in [0.2, 0.25) is 0 Å². The van der Waals surface area contributed by atoms with Gasteiger partial charge in [0.25, 0.3) is 0 Å². The molecule has 74 valence electrons. The van der Waals surface area contributed by atoms with Gasteiger partial charge in [0.15, 0.2) is 0 Å². The highest BCUT2D eigenvalue weighted by molar-refractivity contribution is 7.99. The van der Waals surface area contributed by atoms with Gasteiger partial charge in [0.05, 0.1) is 0 Å². The second kappa shape index (κ2) is 5.66. The summed E-state index contributed by atoms with van der Waals surface area (Å²) in [4.78, 5) is 11.6. The largest absolute Gasteiger partial charge is 0.298 e. The predicted molar refractivity (Wildman–Crippen MR) is 62.0 cm³/mol. The molecule has 0 bridgehead atoms.